The Morgan fingerprint density at radius 3 is 2.24 bits per heavy atom. The largest absolute Gasteiger partial charge is 0.457 e. The molecule has 2 N–H and O–H groups in total. The van der Waals surface area contributed by atoms with Crippen LogP contribution in [0, 0.1) is 0 Å². The first kappa shape index (κ1) is 21.1. The van der Waals surface area contributed by atoms with Gasteiger partial charge < -0.3 is 10.1 Å². The van der Waals surface area contributed by atoms with Gasteiger partial charge in [-0.05, 0) is 54.6 Å². The van der Waals surface area contributed by atoms with Gasteiger partial charge in [-0.1, -0.05) is 41.4 Å². The summed E-state index contributed by atoms with van der Waals surface area (Å²) in [4.78, 5) is 11.9. The number of ether oxygens (including phenoxy) is 1. The Morgan fingerprint density at radius 2 is 1.55 bits per heavy atom. The Morgan fingerprint density at radius 1 is 0.897 bits per heavy atom. The van der Waals surface area contributed by atoms with Crippen molar-refractivity contribution in [2.24, 2.45) is 0 Å². The first-order valence-corrected chi connectivity index (χ1v) is 10.6. The zero-order valence-corrected chi connectivity index (χ0v) is 17.3. The van der Waals surface area contributed by atoms with E-state index >= 15 is 0 Å². The maximum absolute atomic E-state index is 12.3. The number of amides is 1. The van der Waals surface area contributed by atoms with Crippen molar-refractivity contribution in [2.75, 3.05) is 11.9 Å². The van der Waals surface area contributed by atoms with Crippen molar-refractivity contribution in [3.63, 3.8) is 0 Å². The average molecular weight is 451 g/mol. The van der Waals surface area contributed by atoms with E-state index in [9.17, 15) is 13.2 Å². The summed E-state index contributed by atoms with van der Waals surface area (Å²) in [5.74, 6) is 0.757. The molecule has 150 valence electrons. The van der Waals surface area contributed by atoms with Gasteiger partial charge in [0.2, 0.25) is 15.9 Å². The van der Waals surface area contributed by atoms with Crippen molar-refractivity contribution in [1.29, 1.82) is 0 Å². The highest BCUT2D eigenvalue weighted by atomic mass is 35.5. The lowest BCUT2D eigenvalue weighted by atomic mass is 10.3. The van der Waals surface area contributed by atoms with Crippen molar-refractivity contribution < 1.29 is 17.9 Å². The van der Waals surface area contributed by atoms with Crippen molar-refractivity contribution in [1.82, 2.24) is 4.72 Å². The molecule has 0 unspecified atom stereocenters. The molecule has 3 aromatic rings. The molecule has 0 aliphatic rings. The van der Waals surface area contributed by atoms with Crippen LogP contribution in [0.25, 0.3) is 0 Å². The molecule has 0 aliphatic carbocycles. The van der Waals surface area contributed by atoms with Gasteiger partial charge in [-0.3, -0.25) is 4.79 Å². The van der Waals surface area contributed by atoms with Gasteiger partial charge in [0.1, 0.15) is 16.4 Å². The summed E-state index contributed by atoms with van der Waals surface area (Å²) >= 11 is 11.7. The van der Waals surface area contributed by atoms with Crippen molar-refractivity contribution in [3.8, 4) is 11.5 Å². The van der Waals surface area contributed by atoms with Gasteiger partial charge in [-0.25, -0.2) is 13.1 Å². The average Bonchev–Trinajstić information content (AvgIpc) is 2.70. The number of hydrogen-bond donors (Lipinski definition) is 2. The summed E-state index contributed by atoms with van der Waals surface area (Å²) < 4.78 is 32.5. The topological polar surface area (TPSA) is 84.5 Å². The Hall–Kier alpha value is -2.58. The van der Waals surface area contributed by atoms with Gasteiger partial charge in [0.15, 0.2) is 0 Å². The smallest absolute Gasteiger partial charge is 0.242 e. The van der Waals surface area contributed by atoms with Crippen LogP contribution in [-0.2, 0) is 14.8 Å². The van der Waals surface area contributed by atoms with E-state index in [1.807, 2.05) is 30.3 Å². The van der Waals surface area contributed by atoms with Crippen LogP contribution in [0.1, 0.15) is 0 Å². The molecule has 3 aromatic carbocycles. The zero-order valence-electron chi connectivity index (χ0n) is 14.9. The van der Waals surface area contributed by atoms with E-state index in [1.54, 1.807) is 24.3 Å². The molecule has 0 radical (unpaired) electrons. The molecule has 0 heterocycles. The molecule has 29 heavy (non-hydrogen) atoms. The molecule has 0 saturated heterocycles. The van der Waals surface area contributed by atoms with E-state index in [4.69, 9.17) is 27.9 Å². The maximum atomic E-state index is 12.3. The van der Waals surface area contributed by atoms with Gasteiger partial charge >= 0.3 is 0 Å². The second-order valence-corrected chi connectivity index (χ2v) is 8.47. The van der Waals surface area contributed by atoms with Gasteiger partial charge in [-0.2, -0.15) is 0 Å². The summed E-state index contributed by atoms with van der Waals surface area (Å²) in [5.41, 5.74) is 0.496. The number of carbonyl (C=O) groups is 1. The van der Waals surface area contributed by atoms with E-state index in [0.29, 0.717) is 17.2 Å². The standard InChI is InChI=1S/C20H16Cl2N2O4S/c21-14-6-11-18(22)19(12-14)29(26,27)23-13-20(25)24-15-7-9-17(10-8-15)28-16-4-2-1-3-5-16/h1-12,23H,13H2,(H,24,25). The number of benzene rings is 3. The second-order valence-electron chi connectivity index (χ2n) is 5.89. The van der Waals surface area contributed by atoms with E-state index in [-0.39, 0.29) is 14.9 Å². The maximum Gasteiger partial charge on any atom is 0.242 e. The second kappa shape index (κ2) is 9.28. The summed E-state index contributed by atoms with van der Waals surface area (Å²) in [6.45, 7) is -0.465. The molecule has 0 fully saturated rings. The number of sulfonamides is 1. The van der Waals surface area contributed by atoms with Crippen LogP contribution in [0.4, 0.5) is 5.69 Å². The Bertz CT molecular complexity index is 1110. The first-order chi connectivity index (χ1) is 13.8. The van der Waals surface area contributed by atoms with Crippen molar-refractivity contribution in [2.45, 2.75) is 4.90 Å². The van der Waals surface area contributed by atoms with Crippen LogP contribution < -0.4 is 14.8 Å². The third-order valence-electron chi connectivity index (χ3n) is 3.72. The monoisotopic (exact) mass is 450 g/mol. The van der Waals surface area contributed by atoms with Crippen LogP contribution in [-0.4, -0.2) is 20.9 Å². The molecule has 0 aromatic heterocycles. The predicted molar refractivity (Wildman–Crippen MR) is 113 cm³/mol. The third-order valence-corrected chi connectivity index (χ3v) is 5.84. The van der Waals surface area contributed by atoms with Gasteiger partial charge in [-0.15, -0.1) is 0 Å². The summed E-state index contributed by atoms with van der Waals surface area (Å²) in [7, 11) is -3.99. The minimum Gasteiger partial charge on any atom is -0.457 e. The lowest BCUT2D eigenvalue weighted by Gasteiger charge is -2.10. The molecule has 9 heteroatoms. The fourth-order valence-corrected chi connectivity index (χ4v) is 4.10. The molecule has 0 aliphatic heterocycles. The molecule has 0 atom stereocenters. The molecular weight excluding hydrogens is 435 g/mol. The molecule has 1 amide bonds. The SMILES string of the molecule is O=C(CNS(=O)(=O)c1cc(Cl)ccc1Cl)Nc1ccc(Oc2ccccc2)cc1. The van der Waals surface area contributed by atoms with Crippen molar-refractivity contribution >= 4 is 44.8 Å². The fraction of sp³-hybridized carbons (Fsp3) is 0.0500. The van der Waals surface area contributed by atoms with Gasteiger partial charge in [0, 0.05) is 10.7 Å². The molecule has 0 bridgehead atoms. The fourth-order valence-electron chi connectivity index (χ4n) is 2.36. The highest BCUT2D eigenvalue weighted by Gasteiger charge is 2.19. The van der Waals surface area contributed by atoms with Crippen molar-refractivity contribution in [3.05, 3.63) is 82.8 Å². The number of rotatable bonds is 7. The van der Waals surface area contributed by atoms with Gasteiger partial charge in [0.25, 0.3) is 0 Å². The van der Waals surface area contributed by atoms with Crippen LogP contribution >= 0.6 is 23.2 Å². The molecule has 6 nitrogen and oxygen atoms in total. The highest BCUT2D eigenvalue weighted by molar-refractivity contribution is 7.89. The van der Waals surface area contributed by atoms with Crippen LogP contribution in [0.2, 0.25) is 10.0 Å². The Balaban J connectivity index is 1.57. The lowest BCUT2D eigenvalue weighted by molar-refractivity contribution is -0.115. The highest BCUT2D eigenvalue weighted by Crippen LogP contribution is 2.25. The number of carbonyl (C=O) groups excluding carboxylic acids is 1. The quantitative estimate of drug-likeness (QED) is 0.545. The van der Waals surface area contributed by atoms with Crippen LogP contribution in [0.3, 0.4) is 0 Å². The molecular formula is C20H16Cl2N2O4S. The number of anilines is 1. The zero-order chi connectivity index (χ0) is 20.9. The number of hydrogen-bond acceptors (Lipinski definition) is 4. The van der Waals surface area contributed by atoms with Crippen LogP contribution in [0.5, 0.6) is 11.5 Å². The van der Waals surface area contributed by atoms with Crippen LogP contribution in [0.15, 0.2) is 77.7 Å². The normalized spacial score (nSPS) is 11.1. The van der Waals surface area contributed by atoms with Gasteiger partial charge in [0.05, 0.1) is 11.6 Å². The molecule has 0 spiro atoms. The minimum absolute atomic E-state index is 0.0105. The van der Waals surface area contributed by atoms with E-state index < -0.39 is 22.5 Å². The van der Waals surface area contributed by atoms with E-state index in [0.717, 1.165) is 0 Å². The number of halogens is 2. The summed E-state index contributed by atoms with van der Waals surface area (Å²) in [5, 5.41) is 2.83. The molecule has 0 saturated carbocycles. The number of para-hydroxylation sites is 1. The summed E-state index contributed by atoms with van der Waals surface area (Å²) in [6, 6.07) is 20.0. The number of nitrogens with one attached hydrogen (secondary N) is 2. The van der Waals surface area contributed by atoms with E-state index in [1.165, 1.54) is 18.2 Å². The Labute approximate surface area is 178 Å². The van der Waals surface area contributed by atoms with E-state index in [2.05, 4.69) is 10.0 Å². The first-order valence-electron chi connectivity index (χ1n) is 8.41. The third kappa shape index (κ3) is 5.95. The summed E-state index contributed by atoms with van der Waals surface area (Å²) in [6.07, 6.45) is 0. The Kier molecular flexibility index (Phi) is 6.76. The lowest BCUT2D eigenvalue weighted by Crippen LogP contribution is -2.33. The minimum atomic E-state index is -3.99. The molecule has 3 rings (SSSR count). The predicted octanol–water partition coefficient (Wildman–Crippen LogP) is 4.70.